The van der Waals surface area contributed by atoms with Crippen LogP contribution < -0.4 is 5.32 Å². The number of nitrogens with zero attached hydrogens (tertiary/aromatic N) is 1. The Labute approximate surface area is 142 Å². The van der Waals surface area contributed by atoms with Crippen LogP contribution in [0.5, 0.6) is 0 Å². The first-order valence-electron chi connectivity index (χ1n) is 6.59. The lowest BCUT2D eigenvalue weighted by molar-refractivity contribution is -0.116. The van der Waals surface area contributed by atoms with Crippen molar-refractivity contribution in [3.63, 3.8) is 0 Å². The highest BCUT2D eigenvalue weighted by atomic mass is 35.5. The molecule has 2 aromatic carbocycles. The first-order valence-corrected chi connectivity index (χ1v) is 7.34. The smallest absolute Gasteiger partial charge is 0.245 e. The quantitative estimate of drug-likeness (QED) is 0.825. The molecule has 0 saturated heterocycles. The zero-order chi connectivity index (χ0) is 16.8. The number of halogens is 3. The number of benzene rings is 2. The average Bonchev–Trinajstić information content (AvgIpc) is 2.54. The van der Waals surface area contributed by atoms with Gasteiger partial charge in [-0.05, 0) is 29.8 Å². The lowest BCUT2D eigenvalue weighted by Gasteiger charge is -2.11. The Morgan fingerprint density at radius 1 is 1.22 bits per heavy atom. The summed E-state index contributed by atoms with van der Waals surface area (Å²) in [5.74, 6) is -1.07. The molecule has 0 radical (unpaired) electrons. The zero-order valence-electron chi connectivity index (χ0n) is 11.8. The molecule has 0 aliphatic heterocycles. The summed E-state index contributed by atoms with van der Waals surface area (Å²) in [5, 5.41) is 12.3. The van der Waals surface area contributed by atoms with Crippen molar-refractivity contribution < 1.29 is 9.18 Å². The van der Waals surface area contributed by atoms with Crippen LogP contribution in [0.4, 0.5) is 4.39 Å². The third-order valence-electron chi connectivity index (χ3n) is 3.00. The number of nitriles is 1. The second-order valence-corrected chi connectivity index (χ2v) is 5.41. The lowest BCUT2D eigenvalue weighted by atomic mass is 10.1. The van der Waals surface area contributed by atoms with Gasteiger partial charge in [-0.15, -0.1) is 0 Å². The van der Waals surface area contributed by atoms with Crippen LogP contribution in [-0.4, -0.2) is 5.91 Å². The second kappa shape index (κ2) is 7.77. The first kappa shape index (κ1) is 17.0. The summed E-state index contributed by atoms with van der Waals surface area (Å²) >= 11 is 11.7. The van der Waals surface area contributed by atoms with Crippen LogP contribution in [0, 0.1) is 17.1 Å². The van der Waals surface area contributed by atoms with Gasteiger partial charge in [0.1, 0.15) is 11.9 Å². The van der Waals surface area contributed by atoms with E-state index < -0.39 is 17.8 Å². The Hall–Kier alpha value is -2.35. The van der Waals surface area contributed by atoms with Gasteiger partial charge < -0.3 is 5.32 Å². The van der Waals surface area contributed by atoms with E-state index in [0.29, 0.717) is 15.6 Å². The van der Waals surface area contributed by atoms with Gasteiger partial charge >= 0.3 is 0 Å². The van der Waals surface area contributed by atoms with E-state index in [2.05, 4.69) is 5.32 Å². The van der Waals surface area contributed by atoms with Gasteiger partial charge in [-0.2, -0.15) is 5.26 Å². The van der Waals surface area contributed by atoms with Crippen molar-refractivity contribution in [3.8, 4) is 6.07 Å². The zero-order valence-corrected chi connectivity index (χ0v) is 13.3. The number of rotatable bonds is 4. The Balaban J connectivity index is 2.09. The van der Waals surface area contributed by atoms with Crippen LogP contribution >= 0.6 is 23.2 Å². The average molecular weight is 349 g/mol. The Kier molecular flexibility index (Phi) is 5.75. The number of hydrogen-bond acceptors (Lipinski definition) is 2. The van der Waals surface area contributed by atoms with Crippen LogP contribution in [0.2, 0.25) is 10.0 Å². The van der Waals surface area contributed by atoms with E-state index in [0.717, 1.165) is 0 Å². The highest BCUT2D eigenvalue weighted by Gasteiger charge is 2.15. The van der Waals surface area contributed by atoms with Crippen molar-refractivity contribution in [2.24, 2.45) is 0 Å². The van der Waals surface area contributed by atoms with Crippen molar-refractivity contribution in [1.29, 1.82) is 5.26 Å². The molecule has 0 aromatic heterocycles. The third-order valence-corrected chi connectivity index (χ3v) is 3.74. The van der Waals surface area contributed by atoms with E-state index in [1.54, 1.807) is 24.3 Å². The molecule has 1 atom stereocenters. The van der Waals surface area contributed by atoms with Crippen molar-refractivity contribution in [2.45, 2.75) is 6.04 Å². The van der Waals surface area contributed by atoms with Crippen LogP contribution in [0.1, 0.15) is 17.2 Å². The van der Waals surface area contributed by atoms with Crippen LogP contribution in [-0.2, 0) is 4.79 Å². The summed E-state index contributed by atoms with van der Waals surface area (Å²) < 4.78 is 13.7. The number of nitrogens with one attached hydrogen (secondary N) is 1. The summed E-state index contributed by atoms with van der Waals surface area (Å²) in [5.41, 5.74) is 0.792. The maximum atomic E-state index is 13.7. The molecule has 0 fully saturated rings. The maximum absolute atomic E-state index is 13.7. The predicted molar refractivity (Wildman–Crippen MR) is 88.4 cm³/mol. The molecule has 3 nitrogen and oxygen atoms in total. The monoisotopic (exact) mass is 348 g/mol. The SMILES string of the molecule is N#CC(NC(=O)/C=C/c1ccc(Cl)c(Cl)c1)c1ccccc1F. The fourth-order valence-electron chi connectivity index (χ4n) is 1.87. The number of amides is 1. The van der Waals surface area contributed by atoms with E-state index in [4.69, 9.17) is 28.5 Å². The summed E-state index contributed by atoms with van der Waals surface area (Å²) in [6.45, 7) is 0. The predicted octanol–water partition coefficient (Wildman–Crippen LogP) is 4.53. The molecule has 23 heavy (non-hydrogen) atoms. The van der Waals surface area contributed by atoms with Gasteiger partial charge in [0.25, 0.3) is 0 Å². The molecule has 6 heteroatoms. The highest BCUT2D eigenvalue weighted by molar-refractivity contribution is 6.42. The van der Waals surface area contributed by atoms with Gasteiger partial charge in [-0.25, -0.2) is 4.39 Å². The van der Waals surface area contributed by atoms with E-state index in [-0.39, 0.29) is 5.56 Å². The summed E-state index contributed by atoms with van der Waals surface area (Å²) in [6.07, 6.45) is 2.76. The summed E-state index contributed by atoms with van der Waals surface area (Å²) in [7, 11) is 0. The molecule has 0 spiro atoms. The van der Waals surface area contributed by atoms with Crippen LogP contribution in [0.3, 0.4) is 0 Å². The van der Waals surface area contributed by atoms with Gasteiger partial charge in [0, 0.05) is 11.6 Å². The maximum Gasteiger partial charge on any atom is 0.245 e. The molecule has 2 aromatic rings. The van der Waals surface area contributed by atoms with E-state index in [1.807, 2.05) is 6.07 Å². The molecule has 0 bridgehead atoms. The van der Waals surface area contributed by atoms with E-state index in [1.165, 1.54) is 30.4 Å². The molecule has 1 amide bonds. The van der Waals surface area contributed by atoms with E-state index in [9.17, 15) is 9.18 Å². The van der Waals surface area contributed by atoms with Gasteiger partial charge in [-0.1, -0.05) is 47.5 Å². The van der Waals surface area contributed by atoms with Crippen LogP contribution in [0.25, 0.3) is 6.08 Å². The Morgan fingerprint density at radius 3 is 2.61 bits per heavy atom. The largest absolute Gasteiger partial charge is 0.333 e. The van der Waals surface area contributed by atoms with Gasteiger partial charge in [0.2, 0.25) is 5.91 Å². The minimum absolute atomic E-state index is 0.117. The molecule has 0 heterocycles. The Morgan fingerprint density at radius 2 is 1.96 bits per heavy atom. The fourth-order valence-corrected chi connectivity index (χ4v) is 2.17. The highest BCUT2D eigenvalue weighted by Crippen LogP contribution is 2.23. The van der Waals surface area contributed by atoms with Crippen molar-refractivity contribution >= 4 is 35.2 Å². The molecule has 0 aliphatic rings. The van der Waals surface area contributed by atoms with E-state index >= 15 is 0 Å². The van der Waals surface area contributed by atoms with Crippen molar-refractivity contribution in [1.82, 2.24) is 5.32 Å². The molecule has 1 N–H and O–H groups in total. The topological polar surface area (TPSA) is 52.9 Å². The molecule has 1 unspecified atom stereocenters. The second-order valence-electron chi connectivity index (χ2n) is 4.60. The summed E-state index contributed by atoms with van der Waals surface area (Å²) in [4.78, 5) is 11.9. The standard InChI is InChI=1S/C17H11Cl2FN2O/c18-13-7-5-11(9-14(13)19)6-8-17(23)22-16(10-21)12-3-1-2-4-15(12)20/h1-9,16H,(H,22,23)/b8-6+. The first-order chi connectivity index (χ1) is 11.0. The lowest BCUT2D eigenvalue weighted by Crippen LogP contribution is -2.26. The normalized spacial score (nSPS) is 11.9. The van der Waals surface area contributed by atoms with Crippen molar-refractivity contribution in [3.05, 3.63) is 75.5 Å². The Bertz CT molecular complexity index is 799. The fraction of sp³-hybridized carbons (Fsp3) is 0.0588. The molecule has 2 rings (SSSR count). The molecule has 0 saturated carbocycles. The minimum atomic E-state index is -1.07. The molecular formula is C17H11Cl2FN2O. The molecule has 116 valence electrons. The van der Waals surface area contributed by atoms with Gasteiger partial charge in [-0.3, -0.25) is 4.79 Å². The minimum Gasteiger partial charge on any atom is -0.333 e. The number of hydrogen-bond donors (Lipinski definition) is 1. The number of carbonyl (C=O) groups is 1. The molecular weight excluding hydrogens is 338 g/mol. The third kappa shape index (κ3) is 4.56. The van der Waals surface area contributed by atoms with Gasteiger partial charge in [0.15, 0.2) is 0 Å². The number of carbonyl (C=O) groups excluding carboxylic acids is 1. The van der Waals surface area contributed by atoms with Crippen LogP contribution in [0.15, 0.2) is 48.5 Å². The summed E-state index contributed by atoms with van der Waals surface area (Å²) in [6, 6.07) is 11.5. The van der Waals surface area contributed by atoms with Crippen molar-refractivity contribution in [2.75, 3.05) is 0 Å². The van der Waals surface area contributed by atoms with Gasteiger partial charge in [0.05, 0.1) is 16.1 Å². The molecule has 0 aliphatic carbocycles.